The Morgan fingerprint density at radius 2 is 2.11 bits per heavy atom. The minimum Gasteiger partial charge on any atom is -0.277 e. The zero-order valence-corrected chi connectivity index (χ0v) is 11.3. The van der Waals surface area contributed by atoms with Crippen LogP contribution in [0.1, 0.15) is 12.4 Å². The van der Waals surface area contributed by atoms with Crippen LogP contribution in [0.3, 0.4) is 0 Å². The molecule has 0 aliphatic carbocycles. The second-order valence-electron chi connectivity index (χ2n) is 3.39. The van der Waals surface area contributed by atoms with Crippen molar-refractivity contribution in [3.63, 3.8) is 0 Å². The quantitative estimate of drug-likeness (QED) is 0.749. The van der Waals surface area contributed by atoms with E-state index in [9.17, 15) is 8.78 Å². The van der Waals surface area contributed by atoms with E-state index in [0.717, 1.165) is 9.46 Å². The van der Waals surface area contributed by atoms with Crippen LogP contribution in [0, 0.1) is 0 Å². The van der Waals surface area contributed by atoms with Gasteiger partial charge in [-0.25, -0.2) is 4.98 Å². The van der Waals surface area contributed by atoms with Crippen molar-refractivity contribution in [1.82, 2.24) is 9.55 Å². The lowest BCUT2D eigenvalue weighted by molar-refractivity contribution is 0.0678. The van der Waals surface area contributed by atoms with E-state index in [4.69, 9.17) is 23.2 Å². The van der Waals surface area contributed by atoms with Gasteiger partial charge in [0.1, 0.15) is 5.82 Å². The SMILES string of the molecule is FC(F)n1ccnc1CSc1cc(Cl)ccc1Cl. The van der Waals surface area contributed by atoms with Crippen molar-refractivity contribution in [2.45, 2.75) is 17.2 Å². The van der Waals surface area contributed by atoms with Gasteiger partial charge in [0.15, 0.2) is 0 Å². The highest BCUT2D eigenvalue weighted by molar-refractivity contribution is 7.98. The molecule has 0 atom stereocenters. The maximum absolute atomic E-state index is 12.6. The number of hydrogen-bond donors (Lipinski definition) is 0. The molecule has 0 unspecified atom stereocenters. The van der Waals surface area contributed by atoms with Crippen molar-refractivity contribution in [3.05, 3.63) is 46.5 Å². The highest BCUT2D eigenvalue weighted by Crippen LogP contribution is 2.32. The Morgan fingerprint density at radius 3 is 2.83 bits per heavy atom. The predicted molar refractivity (Wildman–Crippen MR) is 69.5 cm³/mol. The number of imidazole rings is 1. The Labute approximate surface area is 117 Å². The van der Waals surface area contributed by atoms with Crippen LogP contribution < -0.4 is 0 Å². The fourth-order valence-corrected chi connectivity index (χ4v) is 2.81. The molecule has 1 aromatic heterocycles. The van der Waals surface area contributed by atoms with Crippen molar-refractivity contribution in [3.8, 4) is 0 Å². The van der Waals surface area contributed by atoms with E-state index in [0.29, 0.717) is 21.6 Å². The van der Waals surface area contributed by atoms with Crippen molar-refractivity contribution < 1.29 is 8.78 Å². The molecular weight excluding hydrogens is 301 g/mol. The molecule has 2 nitrogen and oxygen atoms in total. The van der Waals surface area contributed by atoms with Crippen molar-refractivity contribution in [2.75, 3.05) is 0 Å². The topological polar surface area (TPSA) is 17.8 Å². The smallest absolute Gasteiger partial charge is 0.277 e. The van der Waals surface area contributed by atoms with E-state index in [2.05, 4.69) is 4.98 Å². The van der Waals surface area contributed by atoms with Gasteiger partial charge in [-0.15, -0.1) is 11.8 Å². The van der Waals surface area contributed by atoms with Crippen LogP contribution in [0.25, 0.3) is 0 Å². The molecule has 0 fully saturated rings. The molecule has 1 heterocycles. The monoisotopic (exact) mass is 308 g/mol. The van der Waals surface area contributed by atoms with Gasteiger partial charge in [0.05, 0.1) is 10.8 Å². The molecule has 0 bridgehead atoms. The maximum atomic E-state index is 12.6. The van der Waals surface area contributed by atoms with Crippen molar-refractivity contribution >= 4 is 35.0 Å². The number of rotatable bonds is 4. The van der Waals surface area contributed by atoms with Gasteiger partial charge in [0.25, 0.3) is 0 Å². The molecule has 0 saturated carbocycles. The fraction of sp³-hybridized carbons (Fsp3) is 0.182. The molecule has 0 N–H and O–H groups in total. The summed E-state index contributed by atoms with van der Waals surface area (Å²) in [6.45, 7) is -2.59. The van der Waals surface area contributed by atoms with E-state index in [1.165, 1.54) is 24.2 Å². The van der Waals surface area contributed by atoms with E-state index in [1.807, 2.05) is 0 Å². The molecule has 0 saturated heterocycles. The van der Waals surface area contributed by atoms with E-state index >= 15 is 0 Å². The summed E-state index contributed by atoms with van der Waals surface area (Å²) in [6.07, 6.45) is 2.60. The second kappa shape index (κ2) is 5.91. The van der Waals surface area contributed by atoms with Gasteiger partial charge in [0.2, 0.25) is 0 Å². The second-order valence-corrected chi connectivity index (χ2v) is 5.25. The summed E-state index contributed by atoms with van der Waals surface area (Å²) in [6, 6.07) is 5.05. The molecule has 0 aliphatic rings. The Morgan fingerprint density at radius 1 is 1.33 bits per heavy atom. The van der Waals surface area contributed by atoms with Gasteiger partial charge >= 0.3 is 6.55 Å². The first-order valence-corrected chi connectivity index (χ1v) is 6.70. The average molecular weight is 309 g/mol. The van der Waals surface area contributed by atoms with Crippen LogP contribution in [0.4, 0.5) is 8.78 Å². The van der Waals surface area contributed by atoms with Gasteiger partial charge in [-0.1, -0.05) is 23.2 Å². The highest BCUT2D eigenvalue weighted by atomic mass is 35.5. The molecule has 0 radical (unpaired) electrons. The molecular formula is C11H8Cl2F2N2S. The number of benzene rings is 1. The molecule has 0 spiro atoms. The molecule has 0 aliphatic heterocycles. The summed E-state index contributed by atoms with van der Waals surface area (Å²) in [4.78, 5) is 4.63. The highest BCUT2D eigenvalue weighted by Gasteiger charge is 2.12. The van der Waals surface area contributed by atoms with Gasteiger partial charge < -0.3 is 0 Å². The molecule has 0 amide bonds. The summed E-state index contributed by atoms with van der Waals surface area (Å²) >= 11 is 13.1. The Kier molecular flexibility index (Phi) is 4.48. The third kappa shape index (κ3) is 3.16. The number of aromatic nitrogens is 2. The molecule has 7 heteroatoms. The molecule has 1 aromatic carbocycles. The van der Waals surface area contributed by atoms with Gasteiger partial charge in [0, 0.05) is 22.3 Å². The minimum atomic E-state index is -2.59. The van der Waals surface area contributed by atoms with Crippen LogP contribution >= 0.6 is 35.0 Å². The van der Waals surface area contributed by atoms with E-state index in [1.54, 1.807) is 18.2 Å². The zero-order chi connectivity index (χ0) is 13.1. The first kappa shape index (κ1) is 13.6. The summed E-state index contributed by atoms with van der Waals surface area (Å²) in [5.41, 5.74) is 0. The number of nitrogens with zero attached hydrogens (tertiary/aromatic N) is 2. The van der Waals surface area contributed by atoms with Gasteiger partial charge in [-0.05, 0) is 18.2 Å². The first-order chi connectivity index (χ1) is 8.58. The molecule has 18 heavy (non-hydrogen) atoms. The van der Waals surface area contributed by atoms with Crippen LogP contribution in [-0.4, -0.2) is 9.55 Å². The first-order valence-electron chi connectivity index (χ1n) is 4.95. The van der Waals surface area contributed by atoms with Crippen LogP contribution in [0.2, 0.25) is 10.0 Å². The number of halogens is 4. The number of alkyl halides is 2. The fourth-order valence-electron chi connectivity index (χ4n) is 1.36. The predicted octanol–water partition coefficient (Wildman–Crippen LogP) is 4.88. The standard InChI is InChI=1S/C11H8Cl2F2N2S/c12-7-1-2-8(13)9(5-7)18-6-10-16-3-4-17(10)11(14)15/h1-5,11H,6H2. The third-order valence-corrected chi connectivity index (χ3v) is 3.94. The lowest BCUT2D eigenvalue weighted by Crippen LogP contribution is -2.02. The summed E-state index contributed by atoms with van der Waals surface area (Å²) in [7, 11) is 0. The summed E-state index contributed by atoms with van der Waals surface area (Å²) in [5, 5.41) is 1.10. The average Bonchev–Trinajstić information content (AvgIpc) is 2.79. The molecule has 2 rings (SSSR count). The third-order valence-electron chi connectivity index (χ3n) is 2.21. The largest absolute Gasteiger partial charge is 0.319 e. The lowest BCUT2D eigenvalue weighted by atomic mass is 10.4. The minimum absolute atomic E-state index is 0.297. The molecule has 96 valence electrons. The Bertz CT molecular complexity index is 546. The summed E-state index contributed by atoms with van der Waals surface area (Å²) in [5.74, 6) is 0.600. The maximum Gasteiger partial charge on any atom is 0.319 e. The van der Waals surface area contributed by atoms with Crippen LogP contribution in [-0.2, 0) is 5.75 Å². The van der Waals surface area contributed by atoms with Gasteiger partial charge in [-0.2, -0.15) is 8.78 Å². The van der Waals surface area contributed by atoms with Crippen molar-refractivity contribution in [1.29, 1.82) is 0 Å². The van der Waals surface area contributed by atoms with Crippen LogP contribution in [0.15, 0.2) is 35.5 Å². The Balaban J connectivity index is 2.11. The Hall–Kier alpha value is -0.780. The van der Waals surface area contributed by atoms with Gasteiger partial charge in [-0.3, -0.25) is 4.57 Å². The number of hydrogen-bond acceptors (Lipinski definition) is 2. The number of thioether (sulfide) groups is 1. The van der Waals surface area contributed by atoms with E-state index in [-0.39, 0.29) is 0 Å². The van der Waals surface area contributed by atoms with E-state index < -0.39 is 6.55 Å². The lowest BCUT2D eigenvalue weighted by Gasteiger charge is -2.07. The summed E-state index contributed by atoms with van der Waals surface area (Å²) < 4.78 is 26.0. The normalized spacial score (nSPS) is 11.2. The van der Waals surface area contributed by atoms with Crippen LogP contribution in [0.5, 0.6) is 0 Å². The molecule has 2 aromatic rings. The van der Waals surface area contributed by atoms with Crippen molar-refractivity contribution in [2.24, 2.45) is 0 Å². The zero-order valence-electron chi connectivity index (χ0n) is 8.99.